The zero-order valence-corrected chi connectivity index (χ0v) is 21.2. The number of aliphatic hydroxyl groups excluding tert-OH is 1. The van der Waals surface area contributed by atoms with Crippen LogP contribution in [0.1, 0.15) is 23.9 Å². The van der Waals surface area contributed by atoms with Crippen molar-refractivity contribution < 1.29 is 23.0 Å². The molecular weight excluding hydrogens is 521 g/mol. The molecule has 204 valence electrons. The molecule has 0 spiro atoms. The lowest BCUT2D eigenvalue weighted by Gasteiger charge is -2.16. The fraction of sp³-hybridized carbons (Fsp3) is 0.207. The van der Waals surface area contributed by atoms with Crippen molar-refractivity contribution in [3.05, 3.63) is 96.3 Å². The van der Waals surface area contributed by atoms with Gasteiger partial charge in [-0.05, 0) is 47.5 Å². The number of rotatable bonds is 8. The van der Waals surface area contributed by atoms with Crippen molar-refractivity contribution in [2.24, 2.45) is 0 Å². The fourth-order valence-corrected chi connectivity index (χ4v) is 4.75. The molecule has 3 N–H and O–H groups in total. The average Bonchev–Trinajstić information content (AvgIpc) is 3.53. The summed E-state index contributed by atoms with van der Waals surface area (Å²) in [5, 5.41) is 21.8. The Balaban J connectivity index is 1.17. The molecule has 1 atom stereocenters. The molecule has 1 aliphatic heterocycles. The Hall–Kier alpha value is -4.48. The minimum absolute atomic E-state index is 0.0637. The quantitative estimate of drug-likeness (QED) is 0.209. The Labute approximate surface area is 227 Å². The number of likely N-dealkylation sites (tertiary alicyclic amines) is 1. The summed E-state index contributed by atoms with van der Waals surface area (Å²) in [6, 6.07) is 16.8. The Morgan fingerprint density at radius 2 is 1.93 bits per heavy atom. The molecule has 0 radical (unpaired) electrons. The Morgan fingerprint density at radius 1 is 1.05 bits per heavy atom. The number of nitrogens with one attached hydrogen (secondary N) is 2. The van der Waals surface area contributed by atoms with Crippen molar-refractivity contribution in [1.82, 2.24) is 25.1 Å². The summed E-state index contributed by atoms with van der Waals surface area (Å²) >= 11 is 0. The van der Waals surface area contributed by atoms with Gasteiger partial charge in [0.15, 0.2) is 17.8 Å². The van der Waals surface area contributed by atoms with E-state index in [-0.39, 0.29) is 24.6 Å². The molecule has 4 heterocycles. The van der Waals surface area contributed by atoms with E-state index in [4.69, 9.17) is 4.74 Å². The largest absolute Gasteiger partial charge is 0.436 e. The van der Waals surface area contributed by atoms with E-state index in [9.17, 15) is 18.3 Å². The van der Waals surface area contributed by atoms with Crippen LogP contribution >= 0.6 is 0 Å². The van der Waals surface area contributed by atoms with Gasteiger partial charge >= 0.3 is 0 Å². The summed E-state index contributed by atoms with van der Waals surface area (Å²) in [6.45, 7) is 0.503. The second kappa shape index (κ2) is 10.6. The summed E-state index contributed by atoms with van der Waals surface area (Å²) in [5.74, 6) is -2.87. The molecule has 2 aromatic carbocycles. The Kier molecular flexibility index (Phi) is 6.82. The number of hydrogen-bond acceptors (Lipinski definition) is 7. The zero-order chi connectivity index (χ0) is 27.7. The molecule has 1 unspecified atom stereocenters. The molecule has 0 bridgehead atoms. The van der Waals surface area contributed by atoms with E-state index in [2.05, 4.69) is 25.5 Å². The molecule has 11 heteroatoms. The van der Waals surface area contributed by atoms with Gasteiger partial charge in [0.2, 0.25) is 5.88 Å². The predicted molar refractivity (Wildman–Crippen MR) is 143 cm³/mol. The fourth-order valence-electron chi connectivity index (χ4n) is 4.75. The molecule has 40 heavy (non-hydrogen) atoms. The average molecular weight is 547 g/mol. The first-order valence-corrected chi connectivity index (χ1v) is 12.7. The Bertz CT molecular complexity index is 1640. The van der Waals surface area contributed by atoms with Gasteiger partial charge in [0, 0.05) is 48.9 Å². The molecule has 1 fully saturated rings. The van der Waals surface area contributed by atoms with Crippen molar-refractivity contribution in [3.63, 3.8) is 0 Å². The van der Waals surface area contributed by atoms with E-state index >= 15 is 0 Å². The second-order valence-corrected chi connectivity index (χ2v) is 9.73. The highest BCUT2D eigenvalue weighted by Gasteiger charge is 2.37. The van der Waals surface area contributed by atoms with E-state index in [1.807, 2.05) is 24.3 Å². The van der Waals surface area contributed by atoms with Crippen LogP contribution in [0, 0.1) is 5.82 Å². The molecular formula is C29H25F3N6O2. The van der Waals surface area contributed by atoms with Crippen molar-refractivity contribution in [1.29, 1.82) is 0 Å². The highest BCUT2D eigenvalue weighted by Crippen LogP contribution is 2.31. The SMILES string of the molecule is OC(Nc1ccc(Oc2ccccc2F)nc1)c1[nH]nc2ccc(-c3cncc(CN4CCC(F)(F)C4)c3)cc12. The molecule has 8 nitrogen and oxygen atoms in total. The molecule has 6 rings (SSSR count). The summed E-state index contributed by atoms with van der Waals surface area (Å²) in [6.07, 6.45) is 3.61. The Morgan fingerprint density at radius 3 is 2.70 bits per heavy atom. The number of para-hydroxylation sites is 1. The van der Waals surface area contributed by atoms with Crippen LogP contribution in [-0.2, 0) is 6.54 Å². The van der Waals surface area contributed by atoms with Crippen LogP contribution in [0.15, 0.2) is 79.3 Å². The number of fused-ring (bicyclic) bond motifs is 1. The van der Waals surface area contributed by atoms with Crippen LogP contribution in [0.25, 0.3) is 22.0 Å². The van der Waals surface area contributed by atoms with Crippen molar-refractivity contribution in [3.8, 4) is 22.8 Å². The van der Waals surface area contributed by atoms with Crippen LogP contribution in [0.4, 0.5) is 18.9 Å². The second-order valence-electron chi connectivity index (χ2n) is 9.73. The van der Waals surface area contributed by atoms with Crippen LogP contribution in [-0.4, -0.2) is 49.2 Å². The number of halogens is 3. The van der Waals surface area contributed by atoms with Gasteiger partial charge in [-0.2, -0.15) is 5.10 Å². The van der Waals surface area contributed by atoms with E-state index in [0.29, 0.717) is 35.4 Å². The lowest BCUT2D eigenvalue weighted by molar-refractivity contribution is 0.0115. The number of H-pyrrole nitrogens is 1. The number of alkyl halides is 2. The number of nitrogens with zero attached hydrogens (tertiary/aromatic N) is 4. The van der Waals surface area contributed by atoms with Crippen LogP contribution < -0.4 is 10.1 Å². The predicted octanol–water partition coefficient (Wildman–Crippen LogP) is 5.90. The highest BCUT2D eigenvalue weighted by atomic mass is 19.3. The number of aromatic amines is 1. The highest BCUT2D eigenvalue weighted by molar-refractivity contribution is 5.87. The van der Waals surface area contributed by atoms with Gasteiger partial charge in [-0.25, -0.2) is 18.2 Å². The van der Waals surface area contributed by atoms with Gasteiger partial charge in [-0.15, -0.1) is 0 Å². The minimum Gasteiger partial charge on any atom is -0.436 e. The van der Waals surface area contributed by atoms with E-state index in [1.165, 1.54) is 18.3 Å². The van der Waals surface area contributed by atoms with Crippen molar-refractivity contribution in [2.75, 3.05) is 18.4 Å². The third-order valence-electron chi connectivity index (χ3n) is 6.73. The monoisotopic (exact) mass is 546 g/mol. The summed E-state index contributed by atoms with van der Waals surface area (Å²) in [5.41, 5.74) is 4.15. The number of benzene rings is 2. The smallest absolute Gasteiger partial charge is 0.261 e. The summed E-state index contributed by atoms with van der Waals surface area (Å²) < 4.78 is 46.5. The number of anilines is 1. The van der Waals surface area contributed by atoms with E-state index in [1.54, 1.807) is 41.6 Å². The maximum atomic E-state index is 13.8. The first-order chi connectivity index (χ1) is 19.3. The van der Waals surface area contributed by atoms with Gasteiger partial charge in [0.05, 0.1) is 29.6 Å². The molecule has 0 saturated carbocycles. The van der Waals surface area contributed by atoms with Crippen LogP contribution in [0.5, 0.6) is 11.6 Å². The number of aromatic nitrogens is 4. The molecule has 3 aromatic heterocycles. The topological polar surface area (TPSA) is 99.2 Å². The van der Waals surface area contributed by atoms with Gasteiger partial charge in [0.25, 0.3) is 5.92 Å². The normalized spacial score (nSPS) is 15.8. The molecule has 5 aromatic rings. The molecule has 0 aliphatic carbocycles. The minimum atomic E-state index is -2.64. The molecule has 0 amide bonds. The number of pyridine rings is 2. The first-order valence-electron chi connectivity index (χ1n) is 12.7. The van der Waals surface area contributed by atoms with Crippen LogP contribution in [0.3, 0.4) is 0 Å². The lowest BCUT2D eigenvalue weighted by Crippen LogP contribution is -2.24. The van der Waals surface area contributed by atoms with Crippen LogP contribution in [0.2, 0.25) is 0 Å². The molecule has 1 aliphatic rings. The maximum Gasteiger partial charge on any atom is 0.261 e. The number of hydrogen-bond donors (Lipinski definition) is 3. The lowest BCUT2D eigenvalue weighted by atomic mass is 10.0. The van der Waals surface area contributed by atoms with Crippen molar-refractivity contribution >= 4 is 16.6 Å². The molecule has 1 saturated heterocycles. The van der Waals surface area contributed by atoms with Gasteiger partial charge < -0.3 is 15.2 Å². The summed E-state index contributed by atoms with van der Waals surface area (Å²) in [4.78, 5) is 10.2. The van der Waals surface area contributed by atoms with Gasteiger partial charge in [-0.3, -0.25) is 15.0 Å². The third kappa shape index (κ3) is 5.61. The van der Waals surface area contributed by atoms with E-state index in [0.717, 1.165) is 16.7 Å². The standard InChI is InChI=1S/C29H25F3N6O2/c30-23-3-1-2-4-25(23)40-26-8-6-21(15-34-26)35-28(39)27-22-12-19(5-7-24(22)36-37-27)20-11-18(13-33-14-20)16-38-10-9-29(31,32)17-38/h1-8,11-15,28,35,39H,9-10,16-17H2,(H,36,37). The zero-order valence-electron chi connectivity index (χ0n) is 21.2. The van der Waals surface area contributed by atoms with Gasteiger partial charge in [0.1, 0.15) is 0 Å². The third-order valence-corrected chi connectivity index (χ3v) is 6.73. The van der Waals surface area contributed by atoms with Gasteiger partial charge in [-0.1, -0.05) is 18.2 Å². The van der Waals surface area contributed by atoms with E-state index < -0.39 is 18.0 Å². The number of aliphatic hydroxyl groups is 1. The first kappa shape index (κ1) is 25.8. The van der Waals surface area contributed by atoms with Crippen molar-refractivity contribution in [2.45, 2.75) is 25.1 Å². The summed E-state index contributed by atoms with van der Waals surface area (Å²) in [7, 11) is 0. The number of ether oxygens (including phenoxy) is 1. The maximum absolute atomic E-state index is 13.8.